The Bertz CT molecular complexity index is 550. The summed E-state index contributed by atoms with van der Waals surface area (Å²) in [7, 11) is 2.16. The molecular weight excluding hydrogens is 326 g/mol. The summed E-state index contributed by atoms with van der Waals surface area (Å²) in [6.07, 6.45) is 2.15. The Balaban J connectivity index is 1.67. The van der Waals surface area contributed by atoms with Crippen LogP contribution >= 0.6 is 11.6 Å². The summed E-state index contributed by atoms with van der Waals surface area (Å²) in [4.78, 5) is 17.4. The molecule has 1 aromatic carbocycles. The molecule has 0 spiro atoms. The zero-order valence-corrected chi connectivity index (χ0v) is 15.0. The van der Waals surface area contributed by atoms with Gasteiger partial charge in [-0.15, -0.1) is 0 Å². The Kier molecular flexibility index (Phi) is 5.76. The van der Waals surface area contributed by atoms with Gasteiger partial charge in [-0.3, -0.25) is 9.69 Å². The van der Waals surface area contributed by atoms with Gasteiger partial charge in [0.15, 0.2) is 0 Å². The minimum Gasteiger partial charge on any atom is -0.379 e. The average molecular weight is 352 g/mol. The van der Waals surface area contributed by atoms with Crippen molar-refractivity contribution in [3.8, 4) is 0 Å². The maximum Gasteiger partial charge on any atom is 0.251 e. The molecule has 3 rings (SSSR count). The average Bonchev–Trinajstić information content (AvgIpc) is 2.63. The van der Waals surface area contributed by atoms with Crippen LogP contribution < -0.4 is 5.32 Å². The molecule has 2 heterocycles. The van der Waals surface area contributed by atoms with E-state index in [-0.39, 0.29) is 11.4 Å². The van der Waals surface area contributed by atoms with E-state index >= 15 is 0 Å². The van der Waals surface area contributed by atoms with E-state index in [2.05, 4.69) is 22.2 Å². The lowest BCUT2D eigenvalue weighted by Crippen LogP contribution is -2.62. The van der Waals surface area contributed by atoms with Gasteiger partial charge in [0.2, 0.25) is 0 Å². The molecule has 1 aromatic rings. The lowest BCUT2D eigenvalue weighted by molar-refractivity contribution is -0.0439. The number of halogens is 1. The number of hydrogen-bond donors (Lipinski definition) is 1. The fraction of sp³-hybridized carbons (Fsp3) is 0.611. The molecule has 2 fully saturated rings. The van der Waals surface area contributed by atoms with Gasteiger partial charge in [0, 0.05) is 35.8 Å². The van der Waals surface area contributed by atoms with E-state index in [1.807, 2.05) is 0 Å². The van der Waals surface area contributed by atoms with E-state index in [0.29, 0.717) is 17.1 Å². The number of rotatable bonds is 4. The SMILES string of the molecule is CN1CCC(CNC(=O)c2ccc(Cl)cc2)(N2CCOCC2)CC1. The lowest BCUT2D eigenvalue weighted by Gasteiger charge is -2.49. The number of amides is 1. The first-order valence-corrected chi connectivity index (χ1v) is 9.02. The summed E-state index contributed by atoms with van der Waals surface area (Å²) < 4.78 is 5.51. The first-order chi connectivity index (χ1) is 11.6. The number of benzene rings is 1. The molecule has 132 valence electrons. The monoisotopic (exact) mass is 351 g/mol. The summed E-state index contributed by atoms with van der Waals surface area (Å²) in [5.74, 6) is -0.0294. The highest BCUT2D eigenvalue weighted by molar-refractivity contribution is 6.30. The second-order valence-electron chi connectivity index (χ2n) is 6.82. The molecule has 0 aliphatic carbocycles. The number of piperidine rings is 1. The van der Waals surface area contributed by atoms with Crippen LogP contribution in [0.15, 0.2) is 24.3 Å². The molecule has 2 aliphatic rings. The second kappa shape index (κ2) is 7.83. The van der Waals surface area contributed by atoms with Crippen LogP contribution in [0.2, 0.25) is 5.02 Å². The van der Waals surface area contributed by atoms with Gasteiger partial charge in [-0.2, -0.15) is 0 Å². The number of likely N-dealkylation sites (tertiary alicyclic amines) is 1. The minimum atomic E-state index is -0.0294. The molecule has 0 atom stereocenters. The third-order valence-corrected chi connectivity index (χ3v) is 5.54. The van der Waals surface area contributed by atoms with Crippen LogP contribution in [0.1, 0.15) is 23.2 Å². The predicted molar refractivity (Wildman–Crippen MR) is 95.6 cm³/mol. The molecule has 0 bridgehead atoms. The van der Waals surface area contributed by atoms with E-state index in [4.69, 9.17) is 16.3 Å². The fourth-order valence-electron chi connectivity index (χ4n) is 3.63. The molecule has 1 amide bonds. The van der Waals surface area contributed by atoms with Crippen LogP contribution in [-0.4, -0.2) is 74.2 Å². The molecule has 0 aromatic heterocycles. The molecule has 6 heteroatoms. The molecule has 5 nitrogen and oxygen atoms in total. The van der Waals surface area contributed by atoms with Gasteiger partial charge < -0.3 is 15.0 Å². The predicted octanol–water partition coefficient (Wildman–Crippen LogP) is 1.87. The fourth-order valence-corrected chi connectivity index (χ4v) is 3.75. The molecule has 0 saturated carbocycles. The largest absolute Gasteiger partial charge is 0.379 e. The van der Waals surface area contributed by atoms with Crippen LogP contribution in [0, 0.1) is 0 Å². The molecular formula is C18H26ClN3O2. The van der Waals surface area contributed by atoms with Crippen molar-refractivity contribution < 1.29 is 9.53 Å². The van der Waals surface area contributed by atoms with Crippen molar-refractivity contribution in [3.05, 3.63) is 34.9 Å². The maximum atomic E-state index is 12.5. The van der Waals surface area contributed by atoms with Crippen molar-refractivity contribution in [1.82, 2.24) is 15.1 Å². The van der Waals surface area contributed by atoms with Crippen molar-refractivity contribution in [2.24, 2.45) is 0 Å². The highest BCUT2D eigenvalue weighted by Crippen LogP contribution is 2.29. The van der Waals surface area contributed by atoms with Crippen molar-refractivity contribution in [3.63, 3.8) is 0 Å². The van der Waals surface area contributed by atoms with Crippen LogP contribution in [0.3, 0.4) is 0 Å². The van der Waals surface area contributed by atoms with Gasteiger partial charge in [0.25, 0.3) is 5.91 Å². The van der Waals surface area contributed by atoms with Gasteiger partial charge in [0.1, 0.15) is 0 Å². The Hall–Kier alpha value is -1.14. The van der Waals surface area contributed by atoms with Gasteiger partial charge >= 0.3 is 0 Å². The maximum absolute atomic E-state index is 12.5. The zero-order valence-electron chi connectivity index (χ0n) is 14.3. The molecule has 1 N–H and O–H groups in total. The van der Waals surface area contributed by atoms with Crippen LogP contribution in [0.4, 0.5) is 0 Å². The number of carbonyl (C=O) groups excluding carboxylic acids is 1. The Morgan fingerprint density at radius 2 is 1.79 bits per heavy atom. The van der Waals surface area contributed by atoms with Gasteiger partial charge in [-0.1, -0.05) is 11.6 Å². The van der Waals surface area contributed by atoms with E-state index in [0.717, 1.165) is 52.2 Å². The Labute approximate surface area is 148 Å². The van der Waals surface area contributed by atoms with Crippen LogP contribution in [0.25, 0.3) is 0 Å². The van der Waals surface area contributed by atoms with E-state index in [1.165, 1.54) is 0 Å². The summed E-state index contributed by atoms with van der Waals surface area (Å²) in [5.41, 5.74) is 0.697. The molecule has 0 radical (unpaired) electrons. The van der Waals surface area contributed by atoms with Gasteiger partial charge in [-0.05, 0) is 57.2 Å². The Morgan fingerprint density at radius 1 is 1.17 bits per heavy atom. The van der Waals surface area contributed by atoms with Gasteiger partial charge in [-0.25, -0.2) is 0 Å². The summed E-state index contributed by atoms with van der Waals surface area (Å²) in [5, 5.41) is 3.80. The summed E-state index contributed by atoms with van der Waals surface area (Å²) >= 11 is 5.90. The molecule has 0 unspecified atom stereocenters. The third-order valence-electron chi connectivity index (χ3n) is 5.28. The molecule has 2 saturated heterocycles. The third kappa shape index (κ3) is 4.09. The van der Waals surface area contributed by atoms with Crippen LogP contribution in [-0.2, 0) is 4.74 Å². The molecule has 24 heavy (non-hydrogen) atoms. The number of carbonyl (C=O) groups is 1. The summed E-state index contributed by atoms with van der Waals surface area (Å²) in [6.45, 7) is 6.26. The van der Waals surface area contributed by atoms with Crippen molar-refractivity contribution >= 4 is 17.5 Å². The second-order valence-corrected chi connectivity index (χ2v) is 7.25. The lowest BCUT2D eigenvalue weighted by atomic mass is 9.85. The number of ether oxygens (including phenoxy) is 1. The highest BCUT2D eigenvalue weighted by atomic mass is 35.5. The van der Waals surface area contributed by atoms with E-state index in [9.17, 15) is 4.79 Å². The minimum absolute atomic E-state index is 0.0294. The van der Waals surface area contributed by atoms with Crippen molar-refractivity contribution in [2.75, 3.05) is 53.0 Å². The Morgan fingerprint density at radius 3 is 2.42 bits per heavy atom. The topological polar surface area (TPSA) is 44.8 Å². The first-order valence-electron chi connectivity index (χ1n) is 8.64. The molecule has 2 aliphatic heterocycles. The summed E-state index contributed by atoms with van der Waals surface area (Å²) in [6, 6.07) is 7.05. The first kappa shape index (κ1) is 17.7. The van der Waals surface area contributed by atoms with Crippen molar-refractivity contribution in [1.29, 1.82) is 0 Å². The number of nitrogens with zero attached hydrogens (tertiary/aromatic N) is 2. The number of morpholine rings is 1. The standard InChI is InChI=1S/C18H26ClN3O2/c1-21-8-6-18(7-9-21,22-10-12-24-13-11-22)14-20-17(23)15-2-4-16(19)5-3-15/h2-5H,6-14H2,1H3,(H,20,23). The van der Waals surface area contributed by atoms with E-state index in [1.54, 1.807) is 24.3 Å². The number of nitrogens with one attached hydrogen (secondary N) is 1. The van der Waals surface area contributed by atoms with Gasteiger partial charge in [0.05, 0.1) is 13.2 Å². The normalized spacial score (nSPS) is 22.2. The number of hydrogen-bond acceptors (Lipinski definition) is 4. The van der Waals surface area contributed by atoms with Crippen LogP contribution in [0.5, 0.6) is 0 Å². The van der Waals surface area contributed by atoms with E-state index < -0.39 is 0 Å². The van der Waals surface area contributed by atoms with Crippen molar-refractivity contribution in [2.45, 2.75) is 18.4 Å². The smallest absolute Gasteiger partial charge is 0.251 e. The zero-order chi connectivity index (χ0) is 17.0. The highest BCUT2D eigenvalue weighted by Gasteiger charge is 2.40. The quantitative estimate of drug-likeness (QED) is 0.899.